The third kappa shape index (κ3) is 7.87. The summed E-state index contributed by atoms with van der Waals surface area (Å²) < 4.78 is 17.7. The Bertz CT molecular complexity index is 2060. The topological polar surface area (TPSA) is 114 Å². The van der Waals surface area contributed by atoms with Crippen LogP contribution < -0.4 is 19.7 Å². The number of carbonyl (C=O) groups is 4. The van der Waals surface area contributed by atoms with Gasteiger partial charge in [-0.25, -0.2) is 0 Å². The molecule has 0 radical (unpaired) electrons. The summed E-state index contributed by atoms with van der Waals surface area (Å²) in [5.41, 5.74) is 4.45. The van der Waals surface area contributed by atoms with E-state index in [4.69, 9.17) is 14.2 Å². The number of fused-ring (bicyclic) bond motifs is 1. The van der Waals surface area contributed by atoms with Gasteiger partial charge in [0.15, 0.2) is 0 Å². The van der Waals surface area contributed by atoms with Crippen molar-refractivity contribution in [3.05, 3.63) is 155 Å². The SMILES string of the molecule is COc1cc(C(=O)N(C)c2ccccc2COCc2ccccc2)ccc1NC(=O)c1ccccc1OC(C)CCN1C(=O)c2ccccc2C1=O. The van der Waals surface area contributed by atoms with Crippen molar-refractivity contribution < 1.29 is 33.4 Å². The van der Waals surface area contributed by atoms with Crippen molar-refractivity contribution in [1.82, 2.24) is 4.90 Å². The van der Waals surface area contributed by atoms with Crippen LogP contribution in [0.15, 0.2) is 121 Å². The van der Waals surface area contributed by atoms with Gasteiger partial charge in [0, 0.05) is 36.8 Å². The van der Waals surface area contributed by atoms with Gasteiger partial charge in [-0.2, -0.15) is 0 Å². The van der Waals surface area contributed by atoms with Gasteiger partial charge in [-0.1, -0.05) is 72.8 Å². The molecule has 1 aliphatic rings. The predicted octanol–water partition coefficient (Wildman–Crippen LogP) is 7.39. The second-order valence-corrected chi connectivity index (χ2v) is 12.4. The highest BCUT2D eigenvalue weighted by atomic mass is 16.5. The Morgan fingerprint density at radius 1 is 0.769 bits per heavy atom. The molecule has 0 spiro atoms. The molecule has 264 valence electrons. The maximum atomic E-state index is 13.7. The number of carbonyl (C=O) groups excluding carboxylic acids is 4. The number of hydrogen-bond acceptors (Lipinski definition) is 7. The number of rotatable bonds is 14. The zero-order valence-corrected chi connectivity index (χ0v) is 29.2. The van der Waals surface area contributed by atoms with Gasteiger partial charge in [0.1, 0.15) is 11.5 Å². The molecule has 1 heterocycles. The lowest BCUT2D eigenvalue weighted by Gasteiger charge is -2.22. The van der Waals surface area contributed by atoms with E-state index in [1.54, 1.807) is 78.7 Å². The van der Waals surface area contributed by atoms with Crippen LogP contribution in [0, 0.1) is 0 Å². The Morgan fingerprint density at radius 3 is 2.15 bits per heavy atom. The number of ether oxygens (including phenoxy) is 3. The van der Waals surface area contributed by atoms with E-state index < -0.39 is 12.0 Å². The molecule has 1 unspecified atom stereocenters. The lowest BCUT2D eigenvalue weighted by Crippen LogP contribution is -2.33. The van der Waals surface area contributed by atoms with Gasteiger partial charge in [-0.15, -0.1) is 0 Å². The minimum atomic E-state index is -0.443. The molecule has 0 fully saturated rings. The summed E-state index contributed by atoms with van der Waals surface area (Å²) >= 11 is 0. The summed E-state index contributed by atoms with van der Waals surface area (Å²) in [6.45, 7) is 2.77. The number of methoxy groups -OCH3 is 1. The number of para-hydroxylation sites is 2. The van der Waals surface area contributed by atoms with Crippen LogP contribution in [-0.2, 0) is 18.0 Å². The summed E-state index contributed by atoms with van der Waals surface area (Å²) in [6.07, 6.45) is -0.0553. The van der Waals surface area contributed by atoms with Gasteiger partial charge in [-0.3, -0.25) is 24.1 Å². The zero-order chi connectivity index (χ0) is 36.6. The van der Waals surface area contributed by atoms with Crippen LogP contribution in [0.25, 0.3) is 0 Å². The third-order valence-electron chi connectivity index (χ3n) is 8.82. The van der Waals surface area contributed by atoms with Crippen LogP contribution in [0.3, 0.4) is 0 Å². The largest absolute Gasteiger partial charge is 0.495 e. The predicted molar refractivity (Wildman–Crippen MR) is 198 cm³/mol. The first-order chi connectivity index (χ1) is 25.2. The van der Waals surface area contributed by atoms with Crippen LogP contribution >= 0.6 is 0 Å². The molecular formula is C42H39N3O7. The molecule has 10 heteroatoms. The number of imide groups is 1. The lowest BCUT2D eigenvalue weighted by molar-refractivity contribution is 0.0634. The standard InChI is InChI=1S/C42H39N3O7/c1-28(23-24-45-41(48)32-16-8-9-17-33(32)42(45)49)52-37-20-12-10-18-34(37)39(46)43-35-22-21-30(25-38(35)50-3)40(47)44(2)36-19-11-7-15-31(36)27-51-26-29-13-5-4-6-14-29/h4-22,25,28H,23-24,26-27H2,1-3H3,(H,43,46). The van der Waals surface area contributed by atoms with E-state index >= 15 is 0 Å². The van der Waals surface area contributed by atoms with Crippen LogP contribution in [0.2, 0.25) is 0 Å². The highest BCUT2D eigenvalue weighted by molar-refractivity contribution is 6.21. The van der Waals surface area contributed by atoms with Gasteiger partial charge in [0.2, 0.25) is 0 Å². The number of benzene rings is 5. The van der Waals surface area contributed by atoms with E-state index in [0.29, 0.717) is 59.2 Å². The molecule has 1 aliphatic heterocycles. The Hall–Kier alpha value is -6.26. The number of amides is 4. The molecule has 0 aromatic heterocycles. The summed E-state index contributed by atoms with van der Waals surface area (Å²) in [5.74, 6) is -0.708. The van der Waals surface area contributed by atoms with Gasteiger partial charge >= 0.3 is 0 Å². The Morgan fingerprint density at radius 2 is 1.42 bits per heavy atom. The van der Waals surface area contributed by atoms with E-state index in [1.165, 1.54) is 12.0 Å². The summed E-state index contributed by atoms with van der Waals surface area (Å²) in [5, 5.41) is 2.88. The first-order valence-electron chi connectivity index (χ1n) is 16.9. The molecule has 10 nitrogen and oxygen atoms in total. The third-order valence-corrected chi connectivity index (χ3v) is 8.82. The number of hydrogen-bond donors (Lipinski definition) is 1. The molecule has 0 saturated heterocycles. The first kappa shape index (κ1) is 35.6. The fourth-order valence-corrected chi connectivity index (χ4v) is 6.02. The molecule has 5 aromatic carbocycles. The van der Waals surface area contributed by atoms with Crippen LogP contribution in [0.1, 0.15) is 65.9 Å². The smallest absolute Gasteiger partial charge is 0.261 e. The van der Waals surface area contributed by atoms with Gasteiger partial charge in [0.25, 0.3) is 23.6 Å². The molecule has 0 bridgehead atoms. The second kappa shape index (κ2) is 16.2. The quantitative estimate of drug-likeness (QED) is 0.120. The molecule has 6 rings (SSSR count). The molecule has 1 N–H and O–H groups in total. The van der Waals surface area contributed by atoms with Crippen molar-refractivity contribution in [1.29, 1.82) is 0 Å². The minimum Gasteiger partial charge on any atom is -0.495 e. The normalized spacial score (nSPS) is 12.6. The average Bonchev–Trinajstić information content (AvgIpc) is 3.42. The Kier molecular flexibility index (Phi) is 11.1. The van der Waals surface area contributed by atoms with Crippen LogP contribution in [0.5, 0.6) is 11.5 Å². The fourth-order valence-electron chi connectivity index (χ4n) is 6.02. The van der Waals surface area contributed by atoms with E-state index in [-0.39, 0.29) is 29.8 Å². The highest BCUT2D eigenvalue weighted by Gasteiger charge is 2.35. The average molecular weight is 698 g/mol. The molecule has 4 amide bonds. The summed E-state index contributed by atoms with van der Waals surface area (Å²) in [6, 6.07) is 35.9. The van der Waals surface area contributed by atoms with Gasteiger partial charge in [-0.05, 0) is 61.0 Å². The van der Waals surface area contributed by atoms with Crippen molar-refractivity contribution in [2.24, 2.45) is 0 Å². The van der Waals surface area contributed by atoms with Crippen molar-refractivity contribution >= 4 is 35.0 Å². The second-order valence-electron chi connectivity index (χ2n) is 12.4. The van der Waals surface area contributed by atoms with Crippen LogP contribution in [0.4, 0.5) is 11.4 Å². The van der Waals surface area contributed by atoms with Crippen molar-refractivity contribution in [2.45, 2.75) is 32.7 Å². The molecule has 0 saturated carbocycles. The summed E-state index contributed by atoms with van der Waals surface area (Å²) in [7, 11) is 3.17. The monoisotopic (exact) mass is 697 g/mol. The molecule has 5 aromatic rings. The number of nitrogens with zero attached hydrogens (tertiary/aromatic N) is 2. The first-order valence-corrected chi connectivity index (χ1v) is 16.9. The molecule has 52 heavy (non-hydrogen) atoms. The molecule has 1 atom stereocenters. The van der Waals surface area contributed by atoms with E-state index in [1.807, 2.05) is 61.5 Å². The maximum Gasteiger partial charge on any atom is 0.261 e. The van der Waals surface area contributed by atoms with E-state index in [2.05, 4.69) is 5.32 Å². The molecular weight excluding hydrogens is 658 g/mol. The lowest BCUT2D eigenvalue weighted by atomic mass is 10.1. The maximum absolute atomic E-state index is 13.7. The van der Waals surface area contributed by atoms with Crippen molar-refractivity contribution in [2.75, 3.05) is 30.9 Å². The van der Waals surface area contributed by atoms with Gasteiger partial charge < -0.3 is 24.4 Å². The fraction of sp³-hybridized carbons (Fsp3) is 0.190. The zero-order valence-electron chi connectivity index (χ0n) is 29.2. The molecule has 0 aliphatic carbocycles. The van der Waals surface area contributed by atoms with Crippen LogP contribution in [-0.4, -0.2) is 55.3 Å². The van der Waals surface area contributed by atoms with Crippen molar-refractivity contribution in [3.63, 3.8) is 0 Å². The Balaban J connectivity index is 1.09. The number of nitrogens with one attached hydrogen (secondary N) is 1. The van der Waals surface area contributed by atoms with E-state index in [9.17, 15) is 19.2 Å². The Labute approximate surface area is 302 Å². The highest BCUT2D eigenvalue weighted by Crippen LogP contribution is 2.30. The van der Waals surface area contributed by atoms with Crippen molar-refractivity contribution in [3.8, 4) is 11.5 Å². The summed E-state index contributed by atoms with van der Waals surface area (Å²) in [4.78, 5) is 55.6. The number of anilines is 2. The minimum absolute atomic E-state index is 0.174. The van der Waals surface area contributed by atoms with Gasteiger partial charge in [0.05, 0.1) is 48.8 Å². The van der Waals surface area contributed by atoms with E-state index in [0.717, 1.165) is 11.1 Å².